The van der Waals surface area contributed by atoms with E-state index in [9.17, 15) is 4.79 Å². The van der Waals surface area contributed by atoms with Crippen molar-refractivity contribution in [3.05, 3.63) is 17.5 Å². The van der Waals surface area contributed by atoms with Crippen LogP contribution in [0.15, 0.2) is 17.5 Å². The van der Waals surface area contributed by atoms with Gasteiger partial charge in [0.1, 0.15) is 0 Å². The standard InChI is InChI=1S/C10H14N2OS/c13-10(8-3-5-11-6-4-8)12-9-2-1-7-14-9/h1-2,7-8,11H,3-6H2,(H,12,13). The molecule has 0 saturated carbocycles. The summed E-state index contributed by atoms with van der Waals surface area (Å²) < 4.78 is 0. The van der Waals surface area contributed by atoms with Crippen LogP contribution < -0.4 is 10.6 Å². The second-order valence-electron chi connectivity index (χ2n) is 3.49. The number of carbonyl (C=O) groups is 1. The van der Waals surface area contributed by atoms with Crippen molar-refractivity contribution in [3.63, 3.8) is 0 Å². The number of hydrogen-bond donors (Lipinski definition) is 2. The molecule has 1 aliphatic heterocycles. The van der Waals surface area contributed by atoms with Crippen molar-refractivity contribution in [1.82, 2.24) is 5.32 Å². The molecule has 1 aromatic heterocycles. The molecule has 4 heteroatoms. The van der Waals surface area contributed by atoms with Crippen molar-refractivity contribution in [3.8, 4) is 0 Å². The first-order valence-corrected chi connectivity index (χ1v) is 5.79. The third-order valence-corrected chi connectivity index (χ3v) is 3.26. The summed E-state index contributed by atoms with van der Waals surface area (Å²) in [7, 11) is 0. The molecule has 2 N–H and O–H groups in total. The minimum atomic E-state index is 0.175. The van der Waals surface area contributed by atoms with Crippen molar-refractivity contribution < 1.29 is 4.79 Å². The molecule has 0 radical (unpaired) electrons. The number of piperidine rings is 1. The van der Waals surface area contributed by atoms with Gasteiger partial charge in [0, 0.05) is 5.92 Å². The van der Waals surface area contributed by atoms with Crippen LogP contribution in [0.25, 0.3) is 0 Å². The molecule has 1 fully saturated rings. The molecular formula is C10H14N2OS. The SMILES string of the molecule is O=C(Nc1cccs1)C1CCNCC1. The maximum atomic E-state index is 11.7. The van der Waals surface area contributed by atoms with Crippen LogP contribution in [0.2, 0.25) is 0 Å². The smallest absolute Gasteiger partial charge is 0.228 e. The molecule has 0 spiro atoms. The Balaban J connectivity index is 1.88. The maximum absolute atomic E-state index is 11.7. The second-order valence-corrected chi connectivity index (χ2v) is 4.44. The highest BCUT2D eigenvalue weighted by Gasteiger charge is 2.20. The summed E-state index contributed by atoms with van der Waals surface area (Å²) in [6.07, 6.45) is 1.91. The lowest BCUT2D eigenvalue weighted by Crippen LogP contribution is -2.34. The number of rotatable bonds is 2. The van der Waals surface area contributed by atoms with E-state index in [0.717, 1.165) is 30.9 Å². The molecule has 2 rings (SSSR count). The number of nitrogens with one attached hydrogen (secondary N) is 2. The highest BCUT2D eigenvalue weighted by Crippen LogP contribution is 2.19. The molecule has 0 aliphatic carbocycles. The fourth-order valence-corrected chi connectivity index (χ4v) is 2.28. The summed E-state index contributed by atoms with van der Waals surface area (Å²) in [5.41, 5.74) is 0. The van der Waals surface area contributed by atoms with Crippen molar-refractivity contribution in [2.75, 3.05) is 18.4 Å². The Hall–Kier alpha value is -0.870. The van der Waals surface area contributed by atoms with Gasteiger partial charge >= 0.3 is 0 Å². The molecule has 0 atom stereocenters. The van der Waals surface area contributed by atoms with Gasteiger partial charge in [-0.05, 0) is 43.4 Å². The van der Waals surface area contributed by atoms with E-state index in [4.69, 9.17) is 0 Å². The number of carbonyl (C=O) groups excluding carboxylic acids is 1. The van der Waals surface area contributed by atoms with Crippen LogP contribution in [0.1, 0.15) is 12.8 Å². The average molecular weight is 210 g/mol. The first-order valence-electron chi connectivity index (χ1n) is 4.91. The van der Waals surface area contributed by atoms with Gasteiger partial charge in [0.2, 0.25) is 5.91 Å². The summed E-state index contributed by atoms with van der Waals surface area (Å²) in [5.74, 6) is 0.368. The van der Waals surface area contributed by atoms with Crippen LogP contribution in [0.5, 0.6) is 0 Å². The van der Waals surface area contributed by atoms with E-state index in [1.54, 1.807) is 11.3 Å². The number of thiophene rings is 1. The van der Waals surface area contributed by atoms with Crippen molar-refractivity contribution in [1.29, 1.82) is 0 Å². The largest absolute Gasteiger partial charge is 0.317 e. The van der Waals surface area contributed by atoms with E-state index in [1.807, 2.05) is 17.5 Å². The third kappa shape index (κ3) is 2.33. The lowest BCUT2D eigenvalue weighted by atomic mass is 9.97. The zero-order valence-electron chi connectivity index (χ0n) is 7.95. The Morgan fingerprint density at radius 3 is 2.93 bits per heavy atom. The first kappa shape index (κ1) is 9.68. The lowest BCUT2D eigenvalue weighted by Gasteiger charge is -2.21. The topological polar surface area (TPSA) is 41.1 Å². The van der Waals surface area contributed by atoms with Gasteiger partial charge in [-0.1, -0.05) is 0 Å². The molecule has 0 unspecified atom stereocenters. The summed E-state index contributed by atoms with van der Waals surface area (Å²) in [5, 5.41) is 9.12. The van der Waals surface area contributed by atoms with E-state index >= 15 is 0 Å². The van der Waals surface area contributed by atoms with Gasteiger partial charge in [0.25, 0.3) is 0 Å². The first-order chi connectivity index (χ1) is 6.86. The van der Waals surface area contributed by atoms with Crippen LogP contribution in [-0.4, -0.2) is 19.0 Å². The fraction of sp³-hybridized carbons (Fsp3) is 0.500. The average Bonchev–Trinajstić information content (AvgIpc) is 2.72. The Morgan fingerprint density at radius 2 is 2.29 bits per heavy atom. The predicted molar refractivity (Wildman–Crippen MR) is 58.5 cm³/mol. The maximum Gasteiger partial charge on any atom is 0.228 e. The second kappa shape index (κ2) is 4.57. The molecule has 76 valence electrons. The Kier molecular flexibility index (Phi) is 3.16. The van der Waals surface area contributed by atoms with Gasteiger partial charge < -0.3 is 10.6 Å². The molecule has 1 amide bonds. The lowest BCUT2D eigenvalue weighted by molar-refractivity contribution is -0.120. The minimum absolute atomic E-state index is 0.175. The number of amides is 1. The van der Waals surface area contributed by atoms with E-state index in [1.165, 1.54) is 0 Å². The highest BCUT2D eigenvalue weighted by molar-refractivity contribution is 7.14. The Bertz CT molecular complexity index is 291. The molecule has 1 aliphatic rings. The van der Waals surface area contributed by atoms with Crippen LogP contribution in [-0.2, 0) is 4.79 Å². The van der Waals surface area contributed by atoms with Gasteiger partial charge in [-0.25, -0.2) is 0 Å². The molecule has 2 heterocycles. The Morgan fingerprint density at radius 1 is 1.50 bits per heavy atom. The van der Waals surface area contributed by atoms with Crippen molar-refractivity contribution in [2.45, 2.75) is 12.8 Å². The minimum Gasteiger partial charge on any atom is -0.317 e. The van der Waals surface area contributed by atoms with Crippen LogP contribution >= 0.6 is 11.3 Å². The third-order valence-electron chi connectivity index (χ3n) is 2.48. The predicted octanol–water partition coefficient (Wildman–Crippen LogP) is 1.69. The van der Waals surface area contributed by atoms with Crippen LogP contribution in [0.3, 0.4) is 0 Å². The fourth-order valence-electron chi connectivity index (χ4n) is 1.66. The van der Waals surface area contributed by atoms with Gasteiger partial charge in [-0.2, -0.15) is 0 Å². The van der Waals surface area contributed by atoms with Crippen LogP contribution in [0, 0.1) is 5.92 Å². The quantitative estimate of drug-likeness (QED) is 0.780. The Labute approximate surface area is 87.5 Å². The summed E-state index contributed by atoms with van der Waals surface area (Å²) in [4.78, 5) is 11.7. The van der Waals surface area contributed by atoms with Gasteiger partial charge in [-0.3, -0.25) is 4.79 Å². The normalized spacial score (nSPS) is 18.0. The summed E-state index contributed by atoms with van der Waals surface area (Å²) in [6.45, 7) is 1.92. The monoisotopic (exact) mass is 210 g/mol. The molecule has 0 aromatic carbocycles. The molecule has 1 aromatic rings. The van der Waals surface area contributed by atoms with Crippen molar-refractivity contribution >= 4 is 22.2 Å². The van der Waals surface area contributed by atoms with E-state index in [2.05, 4.69) is 10.6 Å². The number of hydrogen-bond acceptors (Lipinski definition) is 3. The van der Waals surface area contributed by atoms with Gasteiger partial charge in [0.05, 0.1) is 5.00 Å². The molecule has 1 saturated heterocycles. The number of anilines is 1. The van der Waals surface area contributed by atoms with Crippen LogP contribution in [0.4, 0.5) is 5.00 Å². The molecule has 0 bridgehead atoms. The zero-order valence-corrected chi connectivity index (χ0v) is 8.77. The highest BCUT2D eigenvalue weighted by atomic mass is 32.1. The zero-order chi connectivity index (χ0) is 9.80. The van der Waals surface area contributed by atoms with E-state index in [-0.39, 0.29) is 11.8 Å². The van der Waals surface area contributed by atoms with Crippen molar-refractivity contribution in [2.24, 2.45) is 5.92 Å². The van der Waals surface area contributed by atoms with E-state index in [0.29, 0.717) is 0 Å². The molecular weight excluding hydrogens is 196 g/mol. The molecule has 3 nitrogen and oxygen atoms in total. The van der Waals surface area contributed by atoms with Gasteiger partial charge in [0.15, 0.2) is 0 Å². The summed E-state index contributed by atoms with van der Waals surface area (Å²) >= 11 is 1.57. The van der Waals surface area contributed by atoms with Gasteiger partial charge in [-0.15, -0.1) is 11.3 Å². The van der Waals surface area contributed by atoms with E-state index < -0.39 is 0 Å². The molecule has 14 heavy (non-hydrogen) atoms. The summed E-state index contributed by atoms with van der Waals surface area (Å²) in [6, 6.07) is 3.88.